The van der Waals surface area contributed by atoms with Gasteiger partial charge >= 0.3 is 6.09 Å². The first-order valence-electron chi connectivity index (χ1n) is 9.56. The number of nitrogens with one attached hydrogen (secondary N) is 1. The molecule has 1 fully saturated rings. The van der Waals surface area contributed by atoms with E-state index >= 15 is 0 Å². The van der Waals surface area contributed by atoms with E-state index in [4.69, 9.17) is 4.74 Å². The van der Waals surface area contributed by atoms with Crippen molar-refractivity contribution in [2.45, 2.75) is 51.4 Å². The van der Waals surface area contributed by atoms with Crippen LogP contribution in [0.4, 0.5) is 4.79 Å². The number of benzene rings is 1. The molecule has 1 amide bonds. The molecule has 27 heavy (non-hydrogen) atoms. The summed E-state index contributed by atoms with van der Waals surface area (Å²) in [5.41, 5.74) is 1.31. The number of amides is 1. The van der Waals surface area contributed by atoms with Crippen LogP contribution in [0, 0.1) is 0 Å². The van der Waals surface area contributed by atoms with Gasteiger partial charge in [-0.1, -0.05) is 18.2 Å². The standard InChI is InChI=1S/C21H29N3O3/c1-21(2,3)27-20(26)24-12-9-15(10-13-24)23-14-19(25)17-8-11-22-18-7-5-4-6-16(17)18/h4-8,11,15,19,23,25H,9-10,12-14H2,1-3H3. The van der Waals surface area contributed by atoms with Crippen molar-refractivity contribution in [2.24, 2.45) is 0 Å². The maximum atomic E-state index is 12.1. The fraction of sp³-hybridized carbons (Fsp3) is 0.524. The van der Waals surface area contributed by atoms with Crippen molar-refractivity contribution < 1.29 is 14.6 Å². The Balaban J connectivity index is 1.51. The first-order valence-corrected chi connectivity index (χ1v) is 9.56. The fourth-order valence-corrected chi connectivity index (χ4v) is 3.39. The summed E-state index contributed by atoms with van der Waals surface area (Å²) in [7, 11) is 0. The molecule has 1 aromatic heterocycles. The van der Waals surface area contributed by atoms with Gasteiger partial charge in [0.25, 0.3) is 0 Å². The van der Waals surface area contributed by atoms with E-state index < -0.39 is 11.7 Å². The van der Waals surface area contributed by atoms with Crippen LogP contribution in [0.5, 0.6) is 0 Å². The van der Waals surface area contributed by atoms with Crippen molar-refractivity contribution >= 4 is 17.0 Å². The lowest BCUT2D eigenvalue weighted by Gasteiger charge is -2.34. The third-order valence-corrected chi connectivity index (χ3v) is 4.79. The SMILES string of the molecule is CC(C)(C)OC(=O)N1CCC(NCC(O)c2ccnc3ccccc23)CC1. The third-order valence-electron chi connectivity index (χ3n) is 4.79. The number of aromatic nitrogens is 1. The molecule has 1 atom stereocenters. The first-order chi connectivity index (χ1) is 12.8. The van der Waals surface area contributed by atoms with Gasteiger partial charge in [-0.15, -0.1) is 0 Å². The zero-order valence-corrected chi connectivity index (χ0v) is 16.3. The molecule has 2 N–H and O–H groups in total. The molecule has 146 valence electrons. The Hall–Kier alpha value is -2.18. The van der Waals surface area contributed by atoms with Gasteiger partial charge in [-0.3, -0.25) is 4.98 Å². The number of carbonyl (C=O) groups is 1. The predicted molar refractivity (Wildman–Crippen MR) is 106 cm³/mol. The van der Waals surface area contributed by atoms with E-state index in [1.165, 1.54) is 0 Å². The highest BCUT2D eigenvalue weighted by atomic mass is 16.6. The van der Waals surface area contributed by atoms with Gasteiger partial charge in [0.05, 0.1) is 11.6 Å². The van der Waals surface area contributed by atoms with Crippen LogP contribution in [0.3, 0.4) is 0 Å². The van der Waals surface area contributed by atoms with Gasteiger partial charge in [0.15, 0.2) is 0 Å². The normalized spacial score (nSPS) is 17.1. The van der Waals surface area contributed by atoms with E-state index in [1.54, 1.807) is 11.1 Å². The van der Waals surface area contributed by atoms with E-state index in [1.807, 2.05) is 51.1 Å². The van der Waals surface area contributed by atoms with Crippen LogP contribution >= 0.6 is 0 Å². The number of ether oxygens (including phenoxy) is 1. The molecule has 2 aromatic rings. The van der Waals surface area contributed by atoms with E-state index in [2.05, 4.69) is 10.3 Å². The summed E-state index contributed by atoms with van der Waals surface area (Å²) in [4.78, 5) is 18.2. The van der Waals surface area contributed by atoms with Crippen molar-refractivity contribution in [3.05, 3.63) is 42.1 Å². The smallest absolute Gasteiger partial charge is 0.410 e. The van der Waals surface area contributed by atoms with Gasteiger partial charge in [-0.25, -0.2) is 4.79 Å². The maximum Gasteiger partial charge on any atom is 0.410 e. The minimum absolute atomic E-state index is 0.246. The number of nitrogens with zero attached hydrogens (tertiary/aromatic N) is 2. The van der Waals surface area contributed by atoms with Gasteiger partial charge in [0, 0.05) is 37.3 Å². The van der Waals surface area contributed by atoms with E-state index in [0.29, 0.717) is 19.6 Å². The van der Waals surface area contributed by atoms with Crippen molar-refractivity contribution in [1.29, 1.82) is 0 Å². The Labute approximate surface area is 160 Å². The highest BCUT2D eigenvalue weighted by Gasteiger charge is 2.27. The minimum Gasteiger partial charge on any atom is -0.444 e. The molecule has 1 saturated heterocycles. The Morgan fingerprint density at radius 3 is 2.70 bits per heavy atom. The summed E-state index contributed by atoms with van der Waals surface area (Å²) in [6.07, 6.45) is 2.60. The molecule has 3 rings (SSSR count). The van der Waals surface area contributed by atoms with Crippen LogP contribution in [-0.2, 0) is 4.74 Å². The van der Waals surface area contributed by atoms with E-state index in [9.17, 15) is 9.90 Å². The lowest BCUT2D eigenvalue weighted by molar-refractivity contribution is 0.0194. The molecule has 0 radical (unpaired) electrons. The number of rotatable bonds is 4. The van der Waals surface area contributed by atoms with Crippen molar-refractivity contribution in [3.63, 3.8) is 0 Å². The topological polar surface area (TPSA) is 74.7 Å². The number of para-hydroxylation sites is 1. The lowest BCUT2D eigenvalue weighted by atomic mass is 10.0. The Bertz CT molecular complexity index is 774. The van der Waals surface area contributed by atoms with Crippen LogP contribution in [0.15, 0.2) is 36.5 Å². The number of aliphatic hydroxyl groups is 1. The first kappa shape index (κ1) is 19.6. The van der Waals surface area contributed by atoms with Gasteiger partial charge in [0.2, 0.25) is 0 Å². The third kappa shape index (κ3) is 5.17. The molecule has 1 aromatic carbocycles. The van der Waals surface area contributed by atoms with Crippen LogP contribution in [-0.4, -0.2) is 52.4 Å². The summed E-state index contributed by atoms with van der Waals surface area (Å²) in [6.45, 7) is 7.45. The average Bonchev–Trinajstić information content (AvgIpc) is 2.64. The number of hydrogen-bond acceptors (Lipinski definition) is 5. The van der Waals surface area contributed by atoms with Crippen molar-refractivity contribution in [3.8, 4) is 0 Å². The van der Waals surface area contributed by atoms with Crippen molar-refractivity contribution in [1.82, 2.24) is 15.2 Å². The second-order valence-corrected chi connectivity index (χ2v) is 8.08. The Kier molecular flexibility index (Phi) is 5.97. The van der Waals surface area contributed by atoms with Gasteiger partial charge in [-0.2, -0.15) is 0 Å². The summed E-state index contributed by atoms with van der Waals surface area (Å²) in [5, 5.41) is 15.1. The van der Waals surface area contributed by atoms with Gasteiger partial charge < -0.3 is 20.1 Å². The lowest BCUT2D eigenvalue weighted by Crippen LogP contribution is -2.47. The van der Waals surface area contributed by atoms with Crippen LogP contribution < -0.4 is 5.32 Å². The number of carbonyl (C=O) groups excluding carboxylic acids is 1. The minimum atomic E-state index is -0.596. The summed E-state index contributed by atoms with van der Waals surface area (Å²) in [6, 6.07) is 10.00. The number of hydrogen-bond donors (Lipinski definition) is 2. The molecule has 0 aliphatic carbocycles. The Morgan fingerprint density at radius 2 is 2.00 bits per heavy atom. The summed E-state index contributed by atoms with van der Waals surface area (Å²) < 4.78 is 5.43. The quantitative estimate of drug-likeness (QED) is 0.863. The maximum absolute atomic E-state index is 12.1. The van der Waals surface area contributed by atoms with Gasteiger partial charge in [0.1, 0.15) is 5.60 Å². The largest absolute Gasteiger partial charge is 0.444 e. The highest BCUT2D eigenvalue weighted by Crippen LogP contribution is 2.23. The Morgan fingerprint density at radius 1 is 1.30 bits per heavy atom. The molecule has 0 saturated carbocycles. The van der Waals surface area contributed by atoms with Crippen LogP contribution in [0.1, 0.15) is 45.3 Å². The molecular formula is C21H29N3O3. The molecule has 6 nitrogen and oxygen atoms in total. The number of aliphatic hydroxyl groups excluding tert-OH is 1. The molecule has 6 heteroatoms. The zero-order valence-electron chi connectivity index (χ0n) is 16.3. The van der Waals surface area contributed by atoms with Crippen LogP contribution in [0.2, 0.25) is 0 Å². The predicted octanol–water partition coefficient (Wildman–Crippen LogP) is 3.26. The van der Waals surface area contributed by atoms with Crippen molar-refractivity contribution in [2.75, 3.05) is 19.6 Å². The number of pyridine rings is 1. The monoisotopic (exact) mass is 371 g/mol. The van der Waals surface area contributed by atoms with Crippen LogP contribution in [0.25, 0.3) is 10.9 Å². The molecule has 1 aliphatic rings. The molecule has 0 bridgehead atoms. The highest BCUT2D eigenvalue weighted by molar-refractivity contribution is 5.82. The molecule has 0 spiro atoms. The molecule has 1 unspecified atom stereocenters. The number of fused-ring (bicyclic) bond motifs is 1. The zero-order chi connectivity index (χ0) is 19.4. The summed E-state index contributed by atoms with van der Waals surface area (Å²) in [5.74, 6) is 0. The average molecular weight is 371 g/mol. The number of likely N-dealkylation sites (tertiary alicyclic amines) is 1. The van der Waals surface area contributed by atoms with Gasteiger partial charge in [-0.05, 0) is 51.3 Å². The summed E-state index contributed by atoms with van der Waals surface area (Å²) >= 11 is 0. The molecule has 1 aliphatic heterocycles. The second-order valence-electron chi connectivity index (χ2n) is 8.08. The second kappa shape index (κ2) is 8.23. The van der Waals surface area contributed by atoms with E-state index in [0.717, 1.165) is 29.3 Å². The molecular weight excluding hydrogens is 342 g/mol. The fourth-order valence-electron chi connectivity index (χ4n) is 3.39. The molecule has 2 heterocycles. The number of piperidine rings is 1. The van der Waals surface area contributed by atoms with E-state index in [-0.39, 0.29) is 12.1 Å².